The molecule has 0 heterocycles. The number of oxime groups is 1. The summed E-state index contributed by atoms with van der Waals surface area (Å²) in [5, 5.41) is 20.8. The van der Waals surface area contributed by atoms with Gasteiger partial charge in [-0.15, -0.1) is 0 Å². The van der Waals surface area contributed by atoms with Crippen LogP contribution in [0.3, 0.4) is 0 Å². The van der Waals surface area contributed by atoms with Crippen LogP contribution in [0.1, 0.15) is 32.6 Å². The Morgan fingerprint density at radius 2 is 2.27 bits per heavy atom. The average molecular weight is 215 g/mol. The summed E-state index contributed by atoms with van der Waals surface area (Å²) in [4.78, 5) is 2.15. The van der Waals surface area contributed by atoms with Gasteiger partial charge in [-0.1, -0.05) is 18.5 Å². The summed E-state index contributed by atoms with van der Waals surface area (Å²) in [5.74, 6) is 0.248. The summed E-state index contributed by atoms with van der Waals surface area (Å²) in [6.45, 7) is 2.72. The van der Waals surface area contributed by atoms with E-state index in [0.717, 1.165) is 19.3 Å². The fourth-order valence-electron chi connectivity index (χ4n) is 2.11. The summed E-state index contributed by atoms with van der Waals surface area (Å²) >= 11 is 0. The topological polar surface area (TPSA) is 82.1 Å². The molecule has 5 nitrogen and oxygen atoms in total. The Bertz CT molecular complexity index is 217. The Balaban J connectivity index is 2.65. The molecular weight excluding hydrogens is 194 g/mol. The van der Waals surface area contributed by atoms with Crippen molar-refractivity contribution >= 4 is 5.84 Å². The molecule has 0 radical (unpaired) electrons. The van der Waals surface area contributed by atoms with Gasteiger partial charge in [-0.3, -0.25) is 4.90 Å². The van der Waals surface area contributed by atoms with Crippen molar-refractivity contribution in [3.8, 4) is 0 Å². The molecule has 0 spiro atoms. The maximum absolute atomic E-state index is 9.02. The van der Waals surface area contributed by atoms with E-state index in [1.54, 1.807) is 0 Å². The number of aliphatic hydroxyl groups excluding tert-OH is 1. The van der Waals surface area contributed by atoms with E-state index in [4.69, 9.17) is 16.0 Å². The molecule has 15 heavy (non-hydrogen) atoms. The third-order valence-corrected chi connectivity index (χ3v) is 3.15. The molecular formula is C10H21N3O2. The number of nitrogens with zero attached hydrogens (tertiary/aromatic N) is 2. The zero-order chi connectivity index (χ0) is 11.3. The average Bonchev–Trinajstić information content (AvgIpc) is 2.16. The van der Waals surface area contributed by atoms with Gasteiger partial charge in [0.15, 0.2) is 5.84 Å². The number of aliphatic hydroxyl groups is 1. The number of hydrogen-bond acceptors (Lipinski definition) is 4. The van der Waals surface area contributed by atoms with Crippen LogP contribution in [0.5, 0.6) is 0 Å². The lowest BCUT2D eigenvalue weighted by Gasteiger charge is -2.41. The lowest BCUT2D eigenvalue weighted by Crippen LogP contribution is -2.52. The van der Waals surface area contributed by atoms with Crippen LogP contribution >= 0.6 is 0 Å². The second-order valence-electron chi connectivity index (χ2n) is 4.00. The van der Waals surface area contributed by atoms with Crippen LogP contribution in [0.25, 0.3) is 0 Å². The maximum atomic E-state index is 9.02. The molecule has 0 saturated heterocycles. The fraction of sp³-hybridized carbons (Fsp3) is 0.900. The van der Waals surface area contributed by atoms with Gasteiger partial charge in [-0.25, -0.2) is 0 Å². The predicted octanol–water partition coefficient (Wildman–Crippen LogP) is 0.358. The van der Waals surface area contributed by atoms with Crippen LogP contribution < -0.4 is 5.73 Å². The quantitative estimate of drug-likeness (QED) is 0.258. The predicted molar refractivity (Wildman–Crippen MR) is 58.9 cm³/mol. The van der Waals surface area contributed by atoms with Crippen molar-refractivity contribution in [3.05, 3.63) is 0 Å². The van der Waals surface area contributed by atoms with E-state index in [1.807, 2.05) is 6.92 Å². The number of rotatable bonds is 6. The lowest BCUT2D eigenvalue weighted by molar-refractivity contribution is 0.0804. The molecule has 0 aliphatic heterocycles. The molecule has 1 aliphatic rings. The van der Waals surface area contributed by atoms with Crippen LogP contribution in [0, 0.1) is 0 Å². The van der Waals surface area contributed by atoms with E-state index >= 15 is 0 Å². The second kappa shape index (κ2) is 5.92. The highest BCUT2D eigenvalue weighted by atomic mass is 16.4. The minimum absolute atomic E-state index is 0.0487. The van der Waals surface area contributed by atoms with Gasteiger partial charge in [0.2, 0.25) is 0 Å². The lowest BCUT2D eigenvalue weighted by atomic mass is 9.89. The van der Waals surface area contributed by atoms with E-state index < -0.39 is 0 Å². The minimum atomic E-state index is -0.0487. The van der Waals surface area contributed by atoms with Crippen molar-refractivity contribution in [1.82, 2.24) is 4.90 Å². The number of amidine groups is 1. The molecule has 0 bridgehead atoms. The van der Waals surface area contributed by atoms with Gasteiger partial charge in [-0.2, -0.15) is 0 Å². The zero-order valence-electron chi connectivity index (χ0n) is 9.26. The molecule has 88 valence electrons. The molecule has 1 fully saturated rings. The van der Waals surface area contributed by atoms with E-state index in [9.17, 15) is 0 Å². The normalized spacial score (nSPS) is 20.3. The highest BCUT2D eigenvalue weighted by Crippen LogP contribution is 2.27. The largest absolute Gasteiger partial charge is 0.409 e. The molecule has 4 N–H and O–H groups in total. The molecule has 1 aliphatic carbocycles. The first-order chi connectivity index (χ1) is 7.24. The zero-order valence-corrected chi connectivity index (χ0v) is 9.26. The van der Waals surface area contributed by atoms with Gasteiger partial charge in [0.25, 0.3) is 0 Å². The monoisotopic (exact) mass is 215 g/mol. The van der Waals surface area contributed by atoms with Crippen molar-refractivity contribution in [3.63, 3.8) is 0 Å². The van der Waals surface area contributed by atoms with Gasteiger partial charge in [0.1, 0.15) is 0 Å². The Labute approximate surface area is 90.6 Å². The summed E-state index contributed by atoms with van der Waals surface area (Å²) in [5.41, 5.74) is 5.65. The highest BCUT2D eigenvalue weighted by Gasteiger charge is 2.31. The molecule has 0 aromatic carbocycles. The molecule has 1 rings (SSSR count). The van der Waals surface area contributed by atoms with Gasteiger partial charge >= 0.3 is 0 Å². The summed E-state index contributed by atoms with van der Waals surface area (Å²) in [6.07, 6.45) is 4.33. The van der Waals surface area contributed by atoms with Crippen LogP contribution in [0.2, 0.25) is 0 Å². The Hall–Kier alpha value is -0.810. The third-order valence-electron chi connectivity index (χ3n) is 3.15. The first-order valence-electron chi connectivity index (χ1n) is 5.58. The van der Waals surface area contributed by atoms with Crippen LogP contribution in [0.4, 0.5) is 0 Å². The summed E-state index contributed by atoms with van der Waals surface area (Å²) < 4.78 is 0. The van der Waals surface area contributed by atoms with Crippen LogP contribution in [-0.4, -0.2) is 46.3 Å². The van der Waals surface area contributed by atoms with Crippen molar-refractivity contribution in [1.29, 1.82) is 0 Å². The summed E-state index contributed by atoms with van der Waals surface area (Å²) in [7, 11) is 0. The van der Waals surface area contributed by atoms with Crippen molar-refractivity contribution in [2.24, 2.45) is 10.9 Å². The molecule has 1 atom stereocenters. The van der Waals surface area contributed by atoms with Gasteiger partial charge in [0, 0.05) is 12.6 Å². The molecule has 1 saturated carbocycles. The fourth-order valence-corrected chi connectivity index (χ4v) is 2.11. The standard InChI is InChI=1S/C10H21N3O2/c1-2-9(10(11)12-15)13(6-7-14)8-4-3-5-8/h8-9,14-15H,2-7H2,1H3,(H2,11,12). The van der Waals surface area contributed by atoms with Crippen LogP contribution in [-0.2, 0) is 0 Å². The second-order valence-corrected chi connectivity index (χ2v) is 4.00. The Morgan fingerprint density at radius 3 is 2.60 bits per heavy atom. The van der Waals surface area contributed by atoms with E-state index in [0.29, 0.717) is 12.6 Å². The van der Waals surface area contributed by atoms with Gasteiger partial charge in [-0.05, 0) is 19.3 Å². The van der Waals surface area contributed by atoms with E-state index in [2.05, 4.69) is 10.1 Å². The third kappa shape index (κ3) is 2.82. The molecule has 0 aromatic heterocycles. The van der Waals surface area contributed by atoms with E-state index in [1.165, 1.54) is 6.42 Å². The number of hydrogen-bond donors (Lipinski definition) is 3. The first-order valence-corrected chi connectivity index (χ1v) is 5.58. The van der Waals surface area contributed by atoms with Crippen molar-refractivity contribution in [2.75, 3.05) is 13.2 Å². The molecule has 0 aromatic rings. The highest BCUT2D eigenvalue weighted by molar-refractivity contribution is 5.85. The van der Waals surface area contributed by atoms with Crippen LogP contribution in [0.15, 0.2) is 5.16 Å². The molecule has 1 unspecified atom stereocenters. The molecule has 5 heteroatoms. The number of nitrogens with two attached hydrogens (primary N) is 1. The first kappa shape index (κ1) is 12.3. The van der Waals surface area contributed by atoms with Crippen molar-refractivity contribution < 1.29 is 10.3 Å². The summed E-state index contributed by atoms with van der Waals surface area (Å²) in [6, 6.07) is 0.440. The van der Waals surface area contributed by atoms with Crippen molar-refractivity contribution in [2.45, 2.75) is 44.7 Å². The Kier molecular flexibility index (Phi) is 4.84. The van der Waals surface area contributed by atoms with Gasteiger partial charge < -0.3 is 16.0 Å². The minimum Gasteiger partial charge on any atom is -0.409 e. The molecule has 0 amide bonds. The smallest absolute Gasteiger partial charge is 0.156 e. The SMILES string of the molecule is CCC(C(N)=NO)N(CCO)C1CCC1. The maximum Gasteiger partial charge on any atom is 0.156 e. The Morgan fingerprint density at radius 1 is 1.60 bits per heavy atom. The van der Waals surface area contributed by atoms with Gasteiger partial charge in [0.05, 0.1) is 12.6 Å². The van der Waals surface area contributed by atoms with E-state index in [-0.39, 0.29) is 18.5 Å².